The van der Waals surface area contributed by atoms with Crippen LogP contribution in [0.2, 0.25) is 0 Å². The second-order valence-electron chi connectivity index (χ2n) is 3.33. The van der Waals surface area contributed by atoms with Crippen LogP contribution in [0.1, 0.15) is 13.8 Å². The Hall–Kier alpha value is -1.20. The molecule has 1 amide bonds. The Morgan fingerprint density at radius 1 is 1.60 bits per heavy atom. The third-order valence-electron chi connectivity index (χ3n) is 2.44. The van der Waals surface area contributed by atoms with E-state index in [2.05, 4.69) is 11.4 Å². The first-order valence-electron chi connectivity index (χ1n) is 4.50. The second kappa shape index (κ2) is 5.04. The van der Waals surface area contributed by atoms with Crippen LogP contribution >= 0.6 is 0 Å². The van der Waals surface area contributed by atoms with Gasteiger partial charge in [-0.05, 0) is 6.92 Å². The first-order valence-corrected chi connectivity index (χ1v) is 4.50. The van der Waals surface area contributed by atoms with Crippen LogP contribution in [-0.4, -0.2) is 41.6 Å². The third-order valence-corrected chi connectivity index (χ3v) is 2.44. The first-order chi connectivity index (χ1) is 6.82. The molecule has 0 aromatic heterocycles. The lowest BCUT2D eigenvalue weighted by molar-refractivity contribution is -0.192. The van der Waals surface area contributed by atoms with Crippen molar-refractivity contribution in [3.05, 3.63) is 12.7 Å². The zero-order valence-corrected chi connectivity index (χ0v) is 9.48. The lowest BCUT2D eigenvalue weighted by Gasteiger charge is -2.31. The normalized spacial score (nSPS) is 16.3. The molecule has 2 atom stereocenters. The van der Waals surface area contributed by atoms with Gasteiger partial charge in [0, 0.05) is 13.0 Å². The molecule has 0 saturated carbocycles. The summed E-state index contributed by atoms with van der Waals surface area (Å²) in [6.45, 7) is 6.14. The number of carbonyl (C=O) groups is 2. The molecule has 1 N–H and O–H groups in total. The summed E-state index contributed by atoms with van der Waals surface area (Å²) in [5, 5.41) is 10.9. The minimum absolute atomic E-state index is 0.635. The van der Waals surface area contributed by atoms with E-state index in [0.717, 1.165) is 12.0 Å². The maximum Gasteiger partial charge on any atom is 0.286 e. The predicted octanol–water partition coefficient (Wildman–Crippen LogP) is 0.148. The van der Waals surface area contributed by atoms with E-state index < -0.39 is 23.2 Å². The molecule has 0 aliphatic heterocycles. The van der Waals surface area contributed by atoms with E-state index in [1.165, 1.54) is 27.2 Å². The Balaban J connectivity index is 5.21. The van der Waals surface area contributed by atoms with Gasteiger partial charge in [0.15, 0.2) is 5.78 Å². The van der Waals surface area contributed by atoms with Crippen molar-refractivity contribution in [2.45, 2.75) is 19.4 Å². The lowest BCUT2D eigenvalue weighted by Crippen LogP contribution is -2.55. The molecule has 0 aromatic carbocycles. The van der Waals surface area contributed by atoms with Gasteiger partial charge < -0.3 is 5.11 Å². The van der Waals surface area contributed by atoms with Crippen molar-refractivity contribution in [2.24, 2.45) is 5.92 Å². The van der Waals surface area contributed by atoms with E-state index in [4.69, 9.17) is 0 Å². The average Bonchev–Trinajstić information content (AvgIpc) is 2.24. The Labute approximate surface area is 89.3 Å². The van der Waals surface area contributed by atoms with Gasteiger partial charge in [-0.2, -0.15) is 0 Å². The molecular formula is C10H17NO4. The number of likely N-dealkylation sites (N-methyl/N-ethyl adjacent to an activating group) is 1. The van der Waals surface area contributed by atoms with Gasteiger partial charge in [-0.3, -0.25) is 14.4 Å². The van der Waals surface area contributed by atoms with Crippen LogP contribution in [0.3, 0.4) is 0 Å². The highest BCUT2D eigenvalue weighted by Gasteiger charge is 2.47. The Kier molecular flexibility index (Phi) is 4.64. The van der Waals surface area contributed by atoms with Gasteiger partial charge in [0.25, 0.3) is 5.91 Å². The average molecular weight is 215 g/mol. The van der Waals surface area contributed by atoms with Gasteiger partial charge in [0.1, 0.15) is 0 Å². The van der Waals surface area contributed by atoms with Gasteiger partial charge in [0.05, 0.1) is 7.11 Å². The van der Waals surface area contributed by atoms with Crippen LogP contribution in [0.4, 0.5) is 0 Å². The molecule has 0 aromatic rings. The fourth-order valence-electron chi connectivity index (χ4n) is 1.16. The standard InChI is InChI=1S/C10H17NO4/c1-6-7(2)10(14,8(3)12)9(13)11(4)15-5/h6-7,14H,1H2,2-5H3/t7-,10-/m1/s1. The molecule has 0 rings (SSSR count). The van der Waals surface area contributed by atoms with Gasteiger partial charge in [-0.15, -0.1) is 6.58 Å². The molecule has 5 nitrogen and oxygen atoms in total. The summed E-state index contributed by atoms with van der Waals surface area (Å²) < 4.78 is 0. The number of hydroxylamine groups is 2. The van der Waals surface area contributed by atoms with E-state index in [9.17, 15) is 14.7 Å². The van der Waals surface area contributed by atoms with Crippen molar-refractivity contribution in [2.75, 3.05) is 14.2 Å². The molecule has 0 radical (unpaired) electrons. The highest BCUT2D eigenvalue weighted by molar-refractivity contribution is 6.08. The number of hydrogen-bond donors (Lipinski definition) is 1. The number of rotatable bonds is 5. The third kappa shape index (κ3) is 2.43. The SMILES string of the molecule is C=C[C@@H](C)[C@@](O)(C(C)=O)C(=O)N(C)OC. The molecule has 0 saturated heterocycles. The van der Waals surface area contributed by atoms with Gasteiger partial charge >= 0.3 is 0 Å². The van der Waals surface area contributed by atoms with Crippen molar-refractivity contribution in [1.82, 2.24) is 5.06 Å². The maximum absolute atomic E-state index is 11.7. The molecule has 86 valence electrons. The van der Waals surface area contributed by atoms with Crippen LogP contribution in [0, 0.1) is 5.92 Å². The van der Waals surface area contributed by atoms with Gasteiger partial charge in [-0.25, -0.2) is 5.06 Å². The fourth-order valence-corrected chi connectivity index (χ4v) is 1.16. The molecular weight excluding hydrogens is 198 g/mol. The smallest absolute Gasteiger partial charge is 0.286 e. The fraction of sp³-hybridized carbons (Fsp3) is 0.600. The number of hydrogen-bond acceptors (Lipinski definition) is 4. The van der Waals surface area contributed by atoms with Gasteiger partial charge in [0.2, 0.25) is 5.60 Å². The quantitative estimate of drug-likeness (QED) is 0.402. The summed E-state index contributed by atoms with van der Waals surface area (Å²) in [6, 6.07) is 0. The minimum Gasteiger partial charge on any atom is -0.373 e. The number of carbonyl (C=O) groups excluding carboxylic acids is 2. The molecule has 5 heteroatoms. The number of amides is 1. The Morgan fingerprint density at radius 3 is 2.33 bits per heavy atom. The summed E-state index contributed by atoms with van der Waals surface area (Å²) in [5.74, 6) is -2.12. The van der Waals surface area contributed by atoms with Crippen molar-refractivity contribution in [3.63, 3.8) is 0 Å². The highest BCUT2D eigenvalue weighted by Crippen LogP contribution is 2.22. The van der Waals surface area contributed by atoms with Gasteiger partial charge in [-0.1, -0.05) is 13.0 Å². The predicted molar refractivity (Wildman–Crippen MR) is 54.8 cm³/mol. The van der Waals surface area contributed by atoms with Crippen LogP contribution in [0.15, 0.2) is 12.7 Å². The Morgan fingerprint density at radius 2 is 2.07 bits per heavy atom. The number of nitrogens with zero attached hydrogens (tertiary/aromatic N) is 1. The van der Waals surface area contributed by atoms with E-state index >= 15 is 0 Å². The van der Waals surface area contributed by atoms with E-state index in [1.807, 2.05) is 0 Å². The lowest BCUT2D eigenvalue weighted by atomic mass is 9.84. The topological polar surface area (TPSA) is 66.8 Å². The summed E-state index contributed by atoms with van der Waals surface area (Å²) in [6.07, 6.45) is 1.35. The molecule has 0 aliphatic carbocycles. The number of Topliss-reactive ketones (excluding diaryl/α,β-unsaturated/α-hetero) is 1. The minimum atomic E-state index is -2.10. The largest absolute Gasteiger partial charge is 0.373 e. The molecule has 0 bridgehead atoms. The molecule has 0 unspecified atom stereocenters. The zero-order chi connectivity index (χ0) is 12.2. The second-order valence-corrected chi connectivity index (χ2v) is 3.33. The molecule has 0 heterocycles. The van der Waals surface area contributed by atoms with E-state index in [0.29, 0.717) is 0 Å². The van der Waals surface area contributed by atoms with Crippen molar-refractivity contribution >= 4 is 11.7 Å². The summed E-state index contributed by atoms with van der Waals surface area (Å²) in [5.41, 5.74) is -2.10. The Bertz CT molecular complexity index is 277. The van der Waals surface area contributed by atoms with Crippen LogP contribution < -0.4 is 0 Å². The number of aliphatic hydroxyl groups is 1. The molecule has 15 heavy (non-hydrogen) atoms. The van der Waals surface area contributed by atoms with E-state index in [1.54, 1.807) is 0 Å². The zero-order valence-electron chi connectivity index (χ0n) is 9.48. The van der Waals surface area contributed by atoms with Crippen LogP contribution in [0.25, 0.3) is 0 Å². The summed E-state index contributed by atoms with van der Waals surface area (Å²) >= 11 is 0. The highest BCUT2D eigenvalue weighted by atomic mass is 16.7. The van der Waals surface area contributed by atoms with Crippen LogP contribution in [-0.2, 0) is 14.4 Å². The number of ketones is 1. The van der Waals surface area contributed by atoms with Crippen molar-refractivity contribution < 1.29 is 19.5 Å². The maximum atomic E-state index is 11.7. The molecule has 0 fully saturated rings. The van der Waals surface area contributed by atoms with Crippen molar-refractivity contribution in [3.8, 4) is 0 Å². The molecule has 0 spiro atoms. The van der Waals surface area contributed by atoms with Crippen LogP contribution in [0.5, 0.6) is 0 Å². The monoisotopic (exact) mass is 215 g/mol. The first kappa shape index (κ1) is 13.8. The summed E-state index contributed by atoms with van der Waals surface area (Å²) in [4.78, 5) is 27.7. The van der Waals surface area contributed by atoms with E-state index in [-0.39, 0.29) is 0 Å². The molecule has 0 aliphatic rings. The summed E-state index contributed by atoms with van der Waals surface area (Å²) in [7, 11) is 2.60. The van der Waals surface area contributed by atoms with Crippen molar-refractivity contribution in [1.29, 1.82) is 0 Å².